The summed E-state index contributed by atoms with van der Waals surface area (Å²) in [5, 5.41) is 21.9. The zero-order valence-corrected chi connectivity index (χ0v) is 13.0. The molecule has 0 aliphatic heterocycles. The lowest BCUT2D eigenvalue weighted by Gasteiger charge is -2.15. The lowest BCUT2D eigenvalue weighted by molar-refractivity contribution is -0.386. The van der Waals surface area contributed by atoms with Crippen molar-refractivity contribution in [1.29, 1.82) is 0 Å². The molecule has 2 rings (SSSR count). The number of benzene rings is 2. The van der Waals surface area contributed by atoms with Crippen LogP contribution in [-0.4, -0.2) is 31.4 Å². The Hall–Kier alpha value is -2.80. The Morgan fingerprint density at radius 2 is 1.70 bits per heavy atom. The summed E-state index contributed by atoms with van der Waals surface area (Å²) in [6, 6.07) is 9.33. The Morgan fingerprint density at radius 3 is 2.26 bits per heavy atom. The van der Waals surface area contributed by atoms with Gasteiger partial charge in [0.05, 0.1) is 37.9 Å². The van der Waals surface area contributed by atoms with Crippen molar-refractivity contribution in [2.24, 2.45) is 0 Å². The van der Waals surface area contributed by atoms with Gasteiger partial charge < -0.3 is 19.3 Å². The van der Waals surface area contributed by atoms with Crippen molar-refractivity contribution in [2.45, 2.75) is 6.10 Å². The molecule has 0 aliphatic carbocycles. The van der Waals surface area contributed by atoms with E-state index in [2.05, 4.69) is 0 Å². The van der Waals surface area contributed by atoms with Crippen LogP contribution in [0.3, 0.4) is 0 Å². The normalized spacial score (nSPS) is 11.7. The number of hydrogen-bond donors (Lipinski definition) is 1. The van der Waals surface area contributed by atoms with Crippen LogP contribution in [0, 0.1) is 10.1 Å². The van der Waals surface area contributed by atoms with Crippen LogP contribution in [0.4, 0.5) is 5.69 Å². The standard InChI is InChI=1S/C16H17NO6/c1-21-11-6-4-5-10(7-11)16(18)12-8-14(22-2)15(23-3)9-13(12)17(19)20/h4-9,16,18H,1-3H3. The van der Waals surface area contributed by atoms with E-state index in [-0.39, 0.29) is 17.0 Å². The summed E-state index contributed by atoms with van der Waals surface area (Å²) >= 11 is 0. The van der Waals surface area contributed by atoms with Crippen LogP contribution < -0.4 is 14.2 Å². The number of nitrogens with zero attached hydrogens (tertiary/aromatic N) is 1. The zero-order valence-electron chi connectivity index (χ0n) is 13.0. The monoisotopic (exact) mass is 319 g/mol. The average Bonchev–Trinajstić information content (AvgIpc) is 2.59. The molecular weight excluding hydrogens is 302 g/mol. The highest BCUT2D eigenvalue weighted by Crippen LogP contribution is 2.39. The predicted molar refractivity (Wildman–Crippen MR) is 83.3 cm³/mol. The number of methoxy groups -OCH3 is 3. The Morgan fingerprint density at radius 1 is 1.04 bits per heavy atom. The fourth-order valence-corrected chi connectivity index (χ4v) is 2.25. The third-order valence-corrected chi connectivity index (χ3v) is 3.43. The molecule has 0 heterocycles. The van der Waals surface area contributed by atoms with Crippen LogP contribution in [0.5, 0.6) is 17.2 Å². The molecule has 2 aromatic carbocycles. The van der Waals surface area contributed by atoms with Gasteiger partial charge >= 0.3 is 0 Å². The first kappa shape index (κ1) is 16.6. The first-order chi connectivity index (χ1) is 11.0. The van der Waals surface area contributed by atoms with Crippen molar-refractivity contribution in [2.75, 3.05) is 21.3 Å². The van der Waals surface area contributed by atoms with Crippen LogP contribution >= 0.6 is 0 Å². The highest BCUT2D eigenvalue weighted by Gasteiger charge is 2.25. The number of hydrogen-bond acceptors (Lipinski definition) is 6. The Balaban J connectivity index is 2.57. The van der Waals surface area contributed by atoms with Crippen molar-refractivity contribution < 1.29 is 24.2 Å². The molecular formula is C16H17NO6. The number of nitro benzene ring substituents is 1. The van der Waals surface area contributed by atoms with E-state index in [0.29, 0.717) is 17.1 Å². The molecule has 0 spiro atoms. The minimum Gasteiger partial charge on any atom is -0.497 e. The van der Waals surface area contributed by atoms with Gasteiger partial charge in [0, 0.05) is 0 Å². The van der Waals surface area contributed by atoms with Crippen LogP contribution in [0.2, 0.25) is 0 Å². The molecule has 0 aromatic heterocycles. The van der Waals surface area contributed by atoms with Crippen LogP contribution in [0.15, 0.2) is 36.4 Å². The van der Waals surface area contributed by atoms with Crippen molar-refractivity contribution in [3.63, 3.8) is 0 Å². The smallest absolute Gasteiger partial charge is 0.279 e. The number of nitro groups is 1. The first-order valence-electron chi connectivity index (χ1n) is 6.74. The molecule has 0 aliphatic rings. The maximum atomic E-state index is 11.3. The lowest BCUT2D eigenvalue weighted by atomic mass is 9.99. The fraction of sp³-hybridized carbons (Fsp3) is 0.250. The van der Waals surface area contributed by atoms with Gasteiger partial charge in [-0.3, -0.25) is 10.1 Å². The summed E-state index contributed by atoms with van der Waals surface area (Å²) in [5.41, 5.74) is 0.332. The van der Waals surface area contributed by atoms with Gasteiger partial charge in [0.25, 0.3) is 5.69 Å². The zero-order chi connectivity index (χ0) is 17.0. The van der Waals surface area contributed by atoms with Crippen molar-refractivity contribution in [3.05, 3.63) is 57.6 Å². The number of ether oxygens (including phenoxy) is 3. The minimum atomic E-state index is -1.20. The van der Waals surface area contributed by atoms with E-state index in [1.54, 1.807) is 24.3 Å². The van der Waals surface area contributed by atoms with Crippen LogP contribution in [0.1, 0.15) is 17.2 Å². The number of aliphatic hydroxyl groups excluding tert-OH is 1. The second-order valence-electron chi connectivity index (χ2n) is 4.70. The molecule has 23 heavy (non-hydrogen) atoms. The van der Waals surface area contributed by atoms with Gasteiger partial charge in [0.2, 0.25) is 0 Å². The molecule has 7 heteroatoms. The van der Waals surface area contributed by atoms with E-state index in [1.165, 1.54) is 33.5 Å². The molecule has 0 fully saturated rings. The lowest BCUT2D eigenvalue weighted by Crippen LogP contribution is -2.06. The summed E-state index contributed by atoms with van der Waals surface area (Å²) in [5.74, 6) is 1.07. The van der Waals surface area contributed by atoms with Gasteiger partial charge in [-0.2, -0.15) is 0 Å². The summed E-state index contributed by atoms with van der Waals surface area (Å²) in [4.78, 5) is 10.8. The highest BCUT2D eigenvalue weighted by atomic mass is 16.6. The van der Waals surface area contributed by atoms with Gasteiger partial charge in [-0.05, 0) is 23.8 Å². The summed E-state index contributed by atoms with van der Waals surface area (Å²) in [6.45, 7) is 0. The summed E-state index contributed by atoms with van der Waals surface area (Å²) in [6.07, 6.45) is -1.20. The molecule has 1 atom stereocenters. The van der Waals surface area contributed by atoms with Gasteiger partial charge in [0.15, 0.2) is 11.5 Å². The predicted octanol–water partition coefficient (Wildman–Crippen LogP) is 2.70. The maximum Gasteiger partial charge on any atom is 0.279 e. The summed E-state index contributed by atoms with van der Waals surface area (Å²) < 4.78 is 15.3. The van der Waals surface area contributed by atoms with E-state index in [0.717, 1.165) is 0 Å². The number of rotatable bonds is 6. The molecule has 0 saturated carbocycles. The van der Waals surface area contributed by atoms with Crippen molar-refractivity contribution in [1.82, 2.24) is 0 Å². The molecule has 0 bridgehead atoms. The second-order valence-corrected chi connectivity index (χ2v) is 4.70. The Labute approximate surface area is 133 Å². The van der Waals surface area contributed by atoms with E-state index in [9.17, 15) is 15.2 Å². The minimum absolute atomic E-state index is 0.112. The van der Waals surface area contributed by atoms with Crippen molar-refractivity contribution in [3.8, 4) is 17.2 Å². The summed E-state index contributed by atoms with van der Waals surface area (Å²) in [7, 11) is 4.31. The van der Waals surface area contributed by atoms with E-state index in [4.69, 9.17) is 14.2 Å². The largest absolute Gasteiger partial charge is 0.497 e. The van der Waals surface area contributed by atoms with E-state index >= 15 is 0 Å². The third kappa shape index (κ3) is 3.35. The third-order valence-electron chi connectivity index (χ3n) is 3.43. The molecule has 0 saturated heterocycles. The quantitative estimate of drug-likeness (QED) is 0.650. The second kappa shape index (κ2) is 6.97. The molecule has 0 radical (unpaired) electrons. The molecule has 122 valence electrons. The molecule has 1 N–H and O–H groups in total. The van der Waals surface area contributed by atoms with Gasteiger partial charge in [0.1, 0.15) is 11.9 Å². The van der Waals surface area contributed by atoms with Crippen molar-refractivity contribution >= 4 is 5.69 Å². The van der Waals surface area contributed by atoms with Gasteiger partial charge in [-0.25, -0.2) is 0 Å². The highest BCUT2D eigenvalue weighted by molar-refractivity contribution is 5.56. The maximum absolute atomic E-state index is 11.3. The Kier molecular flexibility index (Phi) is 5.02. The molecule has 7 nitrogen and oxygen atoms in total. The Bertz CT molecular complexity index is 716. The molecule has 1 unspecified atom stereocenters. The number of aliphatic hydroxyl groups is 1. The van der Waals surface area contributed by atoms with Crippen LogP contribution in [-0.2, 0) is 0 Å². The SMILES string of the molecule is COc1cccc(C(O)c2cc(OC)c(OC)cc2[N+](=O)[O-])c1. The topological polar surface area (TPSA) is 91.1 Å². The molecule has 0 amide bonds. The first-order valence-corrected chi connectivity index (χ1v) is 6.74. The van der Waals surface area contributed by atoms with Gasteiger partial charge in [-0.15, -0.1) is 0 Å². The van der Waals surface area contributed by atoms with E-state index in [1.807, 2.05) is 0 Å². The van der Waals surface area contributed by atoms with Crippen LogP contribution in [0.25, 0.3) is 0 Å². The molecule has 2 aromatic rings. The van der Waals surface area contributed by atoms with E-state index < -0.39 is 11.0 Å². The van der Waals surface area contributed by atoms with Gasteiger partial charge in [-0.1, -0.05) is 12.1 Å². The fourth-order valence-electron chi connectivity index (χ4n) is 2.25. The average molecular weight is 319 g/mol.